The normalized spacial score (nSPS) is 12.6. The lowest BCUT2D eigenvalue weighted by atomic mass is 10.1. The second-order valence-corrected chi connectivity index (χ2v) is 9.69. The van der Waals surface area contributed by atoms with E-state index in [0.717, 1.165) is 11.5 Å². The molecule has 41 heavy (non-hydrogen) atoms. The Kier molecular flexibility index (Phi) is 6.80. The third-order valence-electron chi connectivity index (χ3n) is 6.51. The van der Waals surface area contributed by atoms with Gasteiger partial charge in [0.05, 0.1) is 12.9 Å². The third kappa shape index (κ3) is 5.13. The molecule has 1 amide bonds. The fourth-order valence-electron chi connectivity index (χ4n) is 4.46. The molecule has 1 N–H and O–H groups in total. The van der Waals surface area contributed by atoms with Crippen molar-refractivity contribution in [1.29, 1.82) is 0 Å². The highest BCUT2D eigenvalue weighted by Gasteiger charge is 2.28. The zero-order chi connectivity index (χ0) is 29.6. The molecule has 0 aliphatic carbocycles. The van der Waals surface area contributed by atoms with Crippen LogP contribution in [0.4, 0.5) is 14.6 Å². The second-order valence-electron chi connectivity index (χ2n) is 9.69. The van der Waals surface area contributed by atoms with Gasteiger partial charge in [-0.25, -0.2) is 19.7 Å². The zero-order valence-electron chi connectivity index (χ0n) is 22.7. The molecule has 0 aromatic carbocycles. The molecule has 5 heterocycles. The maximum Gasteiger partial charge on any atom is 0.332 e. The largest absolute Gasteiger partial charge is 0.361 e. The topological polar surface area (TPSA) is 156 Å². The van der Waals surface area contributed by atoms with Gasteiger partial charge in [0.15, 0.2) is 17.0 Å². The van der Waals surface area contributed by atoms with Gasteiger partial charge in [0, 0.05) is 38.0 Å². The summed E-state index contributed by atoms with van der Waals surface area (Å²) in [5.41, 5.74) is -0.376. The summed E-state index contributed by atoms with van der Waals surface area (Å²) in [5.74, 6) is -2.79. The number of halogens is 2. The number of alkyl halides is 2. The minimum Gasteiger partial charge on any atom is -0.361 e. The number of rotatable bonds is 7. The van der Waals surface area contributed by atoms with Crippen LogP contribution in [0.5, 0.6) is 0 Å². The number of amides is 1. The molecule has 1 atom stereocenters. The lowest BCUT2D eigenvalue weighted by molar-refractivity contribution is -0.118. The van der Waals surface area contributed by atoms with E-state index >= 15 is 0 Å². The van der Waals surface area contributed by atoms with E-state index in [-0.39, 0.29) is 40.6 Å². The fourth-order valence-corrected chi connectivity index (χ4v) is 4.46. The van der Waals surface area contributed by atoms with Crippen molar-refractivity contribution in [2.24, 2.45) is 7.05 Å². The van der Waals surface area contributed by atoms with Crippen molar-refractivity contribution >= 4 is 22.9 Å². The Morgan fingerprint density at radius 2 is 1.93 bits per heavy atom. The molecule has 5 rings (SSSR count). The highest BCUT2D eigenvalue weighted by Crippen LogP contribution is 2.29. The maximum atomic E-state index is 13.7. The Morgan fingerprint density at radius 3 is 2.59 bits per heavy atom. The van der Waals surface area contributed by atoms with E-state index in [9.17, 15) is 23.2 Å². The monoisotopic (exact) mass is 565 g/mol. The predicted octanol–water partition coefficient (Wildman–Crippen LogP) is 2.71. The average Bonchev–Trinajstić information content (AvgIpc) is 3.55. The van der Waals surface area contributed by atoms with Gasteiger partial charge in [0.25, 0.3) is 11.5 Å². The molecule has 212 valence electrons. The number of imidazole rings is 1. The first-order valence-electron chi connectivity index (χ1n) is 12.4. The highest BCUT2D eigenvalue weighted by atomic mass is 19.3. The quantitative estimate of drug-likeness (QED) is 0.313. The zero-order valence-corrected chi connectivity index (χ0v) is 22.7. The maximum absolute atomic E-state index is 13.7. The minimum absolute atomic E-state index is 0.0488. The van der Waals surface area contributed by atoms with Crippen molar-refractivity contribution in [1.82, 2.24) is 38.8 Å². The number of aromatic nitrogens is 8. The van der Waals surface area contributed by atoms with Gasteiger partial charge in [-0.15, -0.1) is 0 Å². The molecule has 0 fully saturated rings. The molecule has 0 spiro atoms. The number of hydrogen-bond donors (Lipinski definition) is 1. The Balaban J connectivity index is 1.44. The molecule has 13 nitrogen and oxygen atoms in total. The van der Waals surface area contributed by atoms with Gasteiger partial charge >= 0.3 is 5.69 Å². The van der Waals surface area contributed by atoms with Crippen LogP contribution in [0.2, 0.25) is 0 Å². The number of nitrogens with one attached hydrogen (secondary N) is 1. The molecule has 0 radical (unpaired) electrons. The SMILES string of the molecule is Cc1cc(Cn2c(=O)c3c(ncn3[C@@H](C)C(=O)Nc3ccnc(-c4cnc(C(C)(F)F)c(C)c4)n3)n(C)c2=O)no1. The molecule has 15 heteroatoms. The van der Waals surface area contributed by atoms with Crippen molar-refractivity contribution in [3.8, 4) is 11.4 Å². The van der Waals surface area contributed by atoms with E-state index in [2.05, 4.69) is 30.4 Å². The number of carbonyl (C=O) groups excluding carboxylic acids is 1. The van der Waals surface area contributed by atoms with Crippen molar-refractivity contribution < 1.29 is 18.1 Å². The number of pyridine rings is 1. The minimum atomic E-state index is -3.10. The fraction of sp³-hybridized carbons (Fsp3) is 0.308. The summed E-state index contributed by atoms with van der Waals surface area (Å²) in [6, 6.07) is 3.63. The van der Waals surface area contributed by atoms with Crippen LogP contribution in [-0.2, 0) is 24.3 Å². The van der Waals surface area contributed by atoms with Crippen LogP contribution in [0.25, 0.3) is 22.6 Å². The van der Waals surface area contributed by atoms with E-state index in [1.54, 1.807) is 19.9 Å². The van der Waals surface area contributed by atoms with E-state index < -0.39 is 29.1 Å². The molecule has 0 saturated carbocycles. The number of aryl methyl sites for hydroxylation is 3. The summed E-state index contributed by atoms with van der Waals surface area (Å²) in [6.45, 7) is 5.41. The Bertz CT molecular complexity index is 1920. The summed E-state index contributed by atoms with van der Waals surface area (Å²) in [5, 5.41) is 6.53. The highest BCUT2D eigenvalue weighted by molar-refractivity contribution is 5.93. The van der Waals surface area contributed by atoms with Crippen LogP contribution in [0.15, 0.2) is 51.0 Å². The lowest BCUT2D eigenvalue weighted by Gasteiger charge is -2.15. The van der Waals surface area contributed by atoms with Gasteiger partial charge in [-0.05, 0) is 38.5 Å². The predicted molar refractivity (Wildman–Crippen MR) is 142 cm³/mol. The van der Waals surface area contributed by atoms with Gasteiger partial charge < -0.3 is 14.4 Å². The number of nitrogens with zero attached hydrogens (tertiary/aromatic N) is 8. The first kappa shape index (κ1) is 27.5. The number of anilines is 1. The van der Waals surface area contributed by atoms with Crippen LogP contribution in [-0.4, -0.2) is 44.7 Å². The number of hydrogen-bond acceptors (Lipinski definition) is 9. The second kappa shape index (κ2) is 10.1. The van der Waals surface area contributed by atoms with Crippen LogP contribution < -0.4 is 16.6 Å². The van der Waals surface area contributed by atoms with Gasteiger partial charge in [-0.3, -0.25) is 23.7 Å². The number of carbonyl (C=O) groups is 1. The molecular formula is C26H25F2N9O4. The Hall–Kier alpha value is -5.08. The summed E-state index contributed by atoms with van der Waals surface area (Å²) in [4.78, 5) is 56.1. The van der Waals surface area contributed by atoms with Crippen LogP contribution in [0.3, 0.4) is 0 Å². The first-order valence-corrected chi connectivity index (χ1v) is 12.4. The van der Waals surface area contributed by atoms with E-state index in [1.807, 2.05) is 0 Å². The van der Waals surface area contributed by atoms with Gasteiger partial charge in [-0.1, -0.05) is 5.16 Å². The number of fused-ring (bicyclic) bond motifs is 1. The average molecular weight is 566 g/mol. The van der Waals surface area contributed by atoms with Gasteiger partial charge in [-0.2, -0.15) is 8.78 Å². The standard InChI is InChI=1S/C26H25F2N9O4/c1-13-8-16(10-30-20(13)26(4,27)28)21-29-7-6-18(32-21)33-23(38)15(3)37-12-31-22-19(37)24(39)36(25(40)35(22)5)11-17-9-14(2)41-34-17/h6-10,12,15H,11H2,1-5H3,(H,29,32,33,38)/t15-/m0/s1. The first-order chi connectivity index (χ1) is 19.3. The third-order valence-corrected chi connectivity index (χ3v) is 6.51. The van der Waals surface area contributed by atoms with Crippen molar-refractivity contribution in [3.05, 3.63) is 80.5 Å². The summed E-state index contributed by atoms with van der Waals surface area (Å²) in [6.07, 6.45) is 3.97. The molecule has 5 aromatic rings. The molecule has 0 aliphatic heterocycles. The molecular weight excluding hydrogens is 540 g/mol. The van der Waals surface area contributed by atoms with Crippen LogP contribution >= 0.6 is 0 Å². The van der Waals surface area contributed by atoms with Crippen LogP contribution in [0.1, 0.15) is 42.6 Å². The van der Waals surface area contributed by atoms with Crippen molar-refractivity contribution in [3.63, 3.8) is 0 Å². The Labute approximate surface area is 230 Å². The van der Waals surface area contributed by atoms with E-state index in [0.29, 0.717) is 17.0 Å². The molecule has 0 bridgehead atoms. The molecule has 5 aromatic heterocycles. The smallest absolute Gasteiger partial charge is 0.332 e. The molecule has 0 saturated heterocycles. The summed E-state index contributed by atoms with van der Waals surface area (Å²) in [7, 11) is 1.48. The molecule has 0 aliphatic rings. The lowest BCUT2D eigenvalue weighted by Crippen LogP contribution is -2.40. The Morgan fingerprint density at radius 1 is 1.17 bits per heavy atom. The van der Waals surface area contributed by atoms with Crippen molar-refractivity contribution in [2.75, 3.05) is 5.32 Å². The summed E-state index contributed by atoms with van der Waals surface area (Å²) >= 11 is 0. The van der Waals surface area contributed by atoms with Crippen LogP contribution in [0, 0.1) is 13.8 Å². The molecule has 0 unspecified atom stereocenters. The van der Waals surface area contributed by atoms with E-state index in [1.165, 1.54) is 54.0 Å². The van der Waals surface area contributed by atoms with E-state index in [4.69, 9.17) is 4.52 Å². The van der Waals surface area contributed by atoms with Gasteiger partial charge in [0.1, 0.15) is 29.0 Å². The van der Waals surface area contributed by atoms with Gasteiger partial charge in [0.2, 0.25) is 5.91 Å². The summed E-state index contributed by atoms with van der Waals surface area (Å²) < 4.78 is 36.1. The van der Waals surface area contributed by atoms with Crippen molar-refractivity contribution in [2.45, 2.75) is 46.2 Å².